The zero-order chi connectivity index (χ0) is 15.2. The van der Waals surface area contributed by atoms with Gasteiger partial charge in [-0.3, -0.25) is 4.79 Å². The summed E-state index contributed by atoms with van der Waals surface area (Å²) in [6.45, 7) is 1.08. The van der Waals surface area contributed by atoms with Crippen molar-refractivity contribution in [3.05, 3.63) is 35.4 Å². The van der Waals surface area contributed by atoms with Gasteiger partial charge in [0.2, 0.25) is 0 Å². The summed E-state index contributed by atoms with van der Waals surface area (Å²) in [5.41, 5.74) is 5.75. The number of amides is 1. The first kappa shape index (κ1) is 15.9. The third kappa shape index (κ3) is 4.00. The molecule has 0 saturated heterocycles. The van der Waals surface area contributed by atoms with E-state index in [1.54, 1.807) is 4.90 Å². The number of carbonyl (C=O) groups is 1. The van der Waals surface area contributed by atoms with Crippen LogP contribution in [0.2, 0.25) is 0 Å². The summed E-state index contributed by atoms with van der Waals surface area (Å²) in [6, 6.07) is 3.52. The molecule has 0 heterocycles. The smallest absolute Gasteiger partial charge is 0.254 e. The number of rotatable bonds is 5. The van der Waals surface area contributed by atoms with E-state index in [0.29, 0.717) is 19.5 Å². The molecule has 21 heavy (non-hydrogen) atoms. The monoisotopic (exact) mass is 296 g/mol. The maximum Gasteiger partial charge on any atom is 0.254 e. The van der Waals surface area contributed by atoms with Crippen LogP contribution in [0.4, 0.5) is 8.78 Å². The quantitative estimate of drug-likeness (QED) is 0.907. The highest BCUT2D eigenvalue weighted by molar-refractivity contribution is 5.94. The molecule has 2 rings (SSSR count). The van der Waals surface area contributed by atoms with E-state index in [-0.39, 0.29) is 17.5 Å². The predicted molar refractivity (Wildman–Crippen MR) is 77.9 cm³/mol. The first-order valence-corrected chi connectivity index (χ1v) is 7.59. The summed E-state index contributed by atoms with van der Waals surface area (Å²) in [5.74, 6) is -2.14. The van der Waals surface area contributed by atoms with E-state index in [9.17, 15) is 13.6 Å². The zero-order valence-electron chi connectivity index (χ0n) is 12.2. The Morgan fingerprint density at radius 3 is 2.52 bits per heavy atom. The number of benzene rings is 1. The van der Waals surface area contributed by atoms with Crippen molar-refractivity contribution in [1.82, 2.24) is 4.90 Å². The van der Waals surface area contributed by atoms with Crippen LogP contribution in [0.1, 0.15) is 48.9 Å². The Hall–Kier alpha value is -1.49. The van der Waals surface area contributed by atoms with Crippen molar-refractivity contribution in [2.45, 2.75) is 44.6 Å². The maximum absolute atomic E-state index is 13.3. The second kappa shape index (κ2) is 7.50. The Balaban J connectivity index is 2.17. The van der Waals surface area contributed by atoms with Crippen molar-refractivity contribution in [1.29, 1.82) is 0 Å². The minimum Gasteiger partial charge on any atom is -0.336 e. The fourth-order valence-electron chi connectivity index (χ4n) is 2.90. The molecule has 0 aromatic heterocycles. The normalized spacial score (nSPS) is 16.0. The van der Waals surface area contributed by atoms with Gasteiger partial charge >= 0.3 is 0 Å². The molecular formula is C16H22F2N2O. The van der Waals surface area contributed by atoms with E-state index in [4.69, 9.17) is 5.73 Å². The summed E-state index contributed by atoms with van der Waals surface area (Å²) in [7, 11) is 0. The number of nitrogens with two attached hydrogens (primary N) is 1. The molecule has 0 spiro atoms. The number of carbonyl (C=O) groups excluding carboxylic acids is 1. The highest BCUT2D eigenvalue weighted by Gasteiger charge is 2.26. The standard InChI is InChI=1S/C16H22F2N2O/c17-14-8-7-12(11-15(14)18)16(21)20(10-4-9-19)13-5-2-1-3-6-13/h7-8,11,13H,1-6,9-10,19H2. The van der Waals surface area contributed by atoms with E-state index in [1.807, 2.05) is 0 Å². The van der Waals surface area contributed by atoms with Crippen LogP contribution >= 0.6 is 0 Å². The predicted octanol–water partition coefficient (Wildman–Crippen LogP) is 3.09. The van der Waals surface area contributed by atoms with Gasteiger partial charge in [0.25, 0.3) is 5.91 Å². The van der Waals surface area contributed by atoms with E-state index in [0.717, 1.165) is 37.8 Å². The topological polar surface area (TPSA) is 46.3 Å². The molecule has 0 bridgehead atoms. The van der Waals surface area contributed by atoms with Crippen molar-refractivity contribution < 1.29 is 13.6 Å². The molecule has 2 N–H and O–H groups in total. The molecule has 0 radical (unpaired) electrons. The van der Waals surface area contributed by atoms with Gasteiger partial charge in [-0.05, 0) is 44.0 Å². The van der Waals surface area contributed by atoms with Gasteiger partial charge in [0.1, 0.15) is 0 Å². The van der Waals surface area contributed by atoms with Crippen molar-refractivity contribution in [3.8, 4) is 0 Å². The summed E-state index contributed by atoms with van der Waals surface area (Å²) in [4.78, 5) is 14.4. The van der Waals surface area contributed by atoms with Crippen molar-refractivity contribution in [3.63, 3.8) is 0 Å². The number of hydrogen-bond donors (Lipinski definition) is 1. The Kier molecular flexibility index (Phi) is 5.67. The number of hydrogen-bond acceptors (Lipinski definition) is 2. The van der Waals surface area contributed by atoms with Crippen LogP contribution in [0, 0.1) is 11.6 Å². The van der Waals surface area contributed by atoms with Crippen LogP contribution in [0.25, 0.3) is 0 Å². The third-order valence-corrected chi connectivity index (χ3v) is 4.05. The Morgan fingerprint density at radius 1 is 1.19 bits per heavy atom. The Labute approximate surface area is 124 Å². The second-order valence-electron chi connectivity index (χ2n) is 5.56. The molecule has 3 nitrogen and oxygen atoms in total. The highest BCUT2D eigenvalue weighted by atomic mass is 19.2. The van der Waals surface area contributed by atoms with Gasteiger partial charge in [0.15, 0.2) is 11.6 Å². The molecule has 116 valence electrons. The van der Waals surface area contributed by atoms with E-state index < -0.39 is 11.6 Å². The number of halogens is 2. The lowest BCUT2D eigenvalue weighted by molar-refractivity contribution is 0.0632. The third-order valence-electron chi connectivity index (χ3n) is 4.05. The van der Waals surface area contributed by atoms with Crippen LogP contribution in [0.3, 0.4) is 0 Å². The van der Waals surface area contributed by atoms with Crippen LogP contribution in [-0.4, -0.2) is 29.9 Å². The first-order valence-electron chi connectivity index (χ1n) is 7.59. The van der Waals surface area contributed by atoms with Gasteiger partial charge in [-0.2, -0.15) is 0 Å². The second-order valence-corrected chi connectivity index (χ2v) is 5.56. The fourth-order valence-corrected chi connectivity index (χ4v) is 2.90. The molecule has 0 aliphatic heterocycles. The van der Waals surface area contributed by atoms with Gasteiger partial charge in [-0.25, -0.2) is 8.78 Å². The SMILES string of the molecule is NCCCN(C(=O)c1ccc(F)c(F)c1)C1CCCCC1. The Bertz CT molecular complexity index is 487. The highest BCUT2D eigenvalue weighted by Crippen LogP contribution is 2.24. The van der Waals surface area contributed by atoms with Crippen molar-refractivity contribution >= 4 is 5.91 Å². The molecule has 1 amide bonds. The van der Waals surface area contributed by atoms with Gasteiger partial charge in [-0.1, -0.05) is 19.3 Å². The minimum atomic E-state index is -0.983. The Morgan fingerprint density at radius 2 is 1.90 bits per heavy atom. The summed E-state index contributed by atoms with van der Waals surface area (Å²) >= 11 is 0. The van der Waals surface area contributed by atoms with Crippen LogP contribution < -0.4 is 5.73 Å². The largest absolute Gasteiger partial charge is 0.336 e. The average Bonchev–Trinajstić information content (AvgIpc) is 2.51. The minimum absolute atomic E-state index is 0.186. The van der Waals surface area contributed by atoms with Crippen LogP contribution in [0.5, 0.6) is 0 Å². The van der Waals surface area contributed by atoms with Crippen molar-refractivity contribution in [2.75, 3.05) is 13.1 Å². The molecule has 1 fully saturated rings. The molecule has 0 atom stereocenters. The summed E-state index contributed by atoms with van der Waals surface area (Å²) in [5, 5.41) is 0. The maximum atomic E-state index is 13.3. The molecule has 0 unspecified atom stereocenters. The molecule has 1 aromatic carbocycles. The van der Waals surface area contributed by atoms with E-state index in [2.05, 4.69) is 0 Å². The first-order chi connectivity index (χ1) is 10.1. The van der Waals surface area contributed by atoms with Gasteiger partial charge in [0, 0.05) is 18.2 Å². The molecule has 5 heteroatoms. The lowest BCUT2D eigenvalue weighted by atomic mass is 9.93. The molecule has 1 saturated carbocycles. The van der Waals surface area contributed by atoms with Gasteiger partial charge in [-0.15, -0.1) is 0 Å². The number of nitrogens with zero attached hydrogens (tertiary/aromatic N) is 1. The fraction of sp³-hybridized carbons (Fsp3) is 0.562. The summed E-state index contributed by atoms with van der Waals surface area (Å²) < 4.78 is 26.3. The molecule has 1 aromatic rings. The van der Waals surface area contributed by atoms with Crippen molar-refractivity contribution in [2.24, 2.45) is 5.73 Å². The lowest BCUT2D eigenvalue weighted by Gasteiger charge is -2.34. The lowest BCUT2D eigenvalue weighted by Crippen LogP contribution is -2.42. The molecule has 1 aliphatic carbocycles. The molecule has 1 aliphatic rings. The zero-order valence-corrected chi connectivity index (χ0v) is 12.2. The van der Waals surface area contributed by atoms with Crippen LogP contribution in [0.15, 0.2) is 18.2 Å². The van der Waals surface area contributed by atoms with Gasteiger partial charge < -0.3 is 10.6 Å². The van der Waals surface area contributed by atoms with E-state index in [1.165, 1.54) is 12.5 Å². The summed E-state index contributed by atoms with van der Waals surface area (Å²) in [6.07, 6.45) is 6.07. The van der Waals surface area contributed by atoms with Crippen LogP contribution in [-0.2, 0) is 0 Å². The molecular weight excluding hydrogens is 274 g/mol. The van der Waals surface area contributed by atoms with E-state index >= 15 is 0 Å². The van der Waals surface area contributed by atoms with Gasteiger partial charge in [0.05, 0.1) is 0 Å². The average molecular weight is 296 g/mol.